The highest BCUT2D eigenvalue weighted by Gasteiger charge is 2.28. The normalized spacial score (nSPS) is 15.6. The molecular weight excluding hydrogens is 438 g/mol. The average Bonchev–Trinajstić information content (AvgIpc) is 3.22. The lowest BCUT2D eigenvalue weighted by Crippen LogP contribution is -2.45. The largest absolute Gasteiger partial charge is 0.466 e. The number of benzene rings is 2. The number of hydrogen-bond donors (Lipinski definition) is 2. The third kappa shape index (κ3) is 8.45. The zero-order chi connectivity index (χ0) is 25.4. The number of aliphatic hydroxyl groups excluding tert-OH is 1. The van der Waals surface area contributed by atoms with Crippen LogP contribution in [-0.4, -0.2) is 42.5 Å². The van der Waals surface area contributed by atoms with Gasteiger partial charge in [-0.05, 0) is 88.5 Å². The van der Waals surface area contributed by atoms with E-state index in [2.05, 4.69) is 68.6 Å². The van der Waals surface area contributed by atoms with Crippen LogP contribution in [0.25, 0.3) is 0 Å². The first-order valence-electron chi connectivity index (χ1n) is 13.0. The van der Waals surface area contributed by atoms with Gasteiger partial charge in [-0.2, -0.15) is 0 Å². The van der Waals surface area contributed by atoms with E-state index in [4.69, 9.17) is 9.47 Å². The van der Waals surface area contributed by atoms with Crippen LogP contribution in [0.4, 0.5) is 0 Å². The van der Waals surface area contributed by atoms with Crippen molar-refractivity contribution in [3.63, 3.8) is 0 Å². The molecule has 2 atom stereocenters. The first-order valence-corrected chi connectivity index (χ1v) is 13.0. The molecule has 1 aliphatic carbocycles. The lowest BCUT2D eigenvalue weighted by atomic mass is 9.88. The molecule has 5 heteroatoms. The Bertz CT molecular complexity index is 946. The fraction of sp³-hybridized carbons (Fsp3) is 0.567. The molecule has 0 amide bonds. The predicted octanol–water partition coefficient (Wildman–Crippen LogP) is 5.10. The standard InChI is InChI=1S/C30H43NO4/c1-6-34-29(33)14-13-24-12-11-21(2)15-28(24)22(3)35-20-27(32)19-31-30(4,5)18-23-16-25-9-7-8-10-26(25)17-23/h7-12,15,22-23,27,31-32H,6,13-14,16-20H2,1-5H3/t22-,27+/m1/s1. The van der Waals surface area contributed by atoms with Gasteiger partial charge in [-0.3, -0.25) is 4.79 Å². The summed E-state index contributed by atoms with van der Waals surface area (Å²) in [5.74, 6) is 0.454. The summed E-state index contributed by atoms with van der Waals surface area (Å²) >= 11 is 0. The highest BCUT2D eigenvalue weighted by Crippen LogP contribution is 2.32. The minimum absolute atomic E-state index is 0.0594. The SMILES string of the molecule is CCOC(=O)CCc1ccc(C)cc1[C@@H](C)OC[C@@H](O)CNC(C)(C)CC1Cc2ccccc2C1. The maximum absolute atomic E-state index is 11.8. The Labute approximate surface area is 211 Å². The molecule has 2 aromatic carbocycles. The second-order valence-electron chi connectivity index (χ2n) is 10.6. The van der Waals surface area contributed by atoms with Gasteiger partial charge >= 0.3 is 5.97 Å². The van der Waals surface area contributed by atoms with Gasteiger partial charge in [0.05, 0.1) is 25.4 Å². The lowest BCUT2D eigenvalue weighted by molar-refractivity contribution is -0.143. The Morgan fingerprint density at radius 2 is 1.86 bits per heavy atom. The van der Waals surface area contributed by atoms with Crippen molar-refractivity contribution in [3.8, 4) is 0 Å². The summed E-state index contributed by atoms with van der Waals surface area (Å²) in [5, 5.41) is 14.2. The van der Waals surface area contributed by atoms with Crippen molar-refractivity contribution in [2.24, 2.45) is 5.92 Å². The summed E-state index contributed by atoms with van der Waals surface area (Å²) in [6, 6.07) is 15.0. The van der Waals surface area contributed by atoms with Crippen molar-refractivity contribution < 1.29 is 19.4 Å². The van der Waals surface area contributed by atoms with Crippen molar-refractivity contribution in [3.05, 3.63) is 70.3 Å². The predicted molar refractivity (Wildman–Crippen MR) is 141 cm³/mol. The summed E-state index contributed by atoms with van der Waals surface area (Å²) in [7, 11) is 0. The monoisotopic (exact) mass is 481 g/mol. The molecule has 0 saturated heterocycles. The number of rotatable bonds is 13. The highest BCUT2D eigenvalue weighted by molar-refractivity contribution is 5.69. The molecule has 0 saturated carbocycles. The number of aliphatic hydroxyl groups is 1. The molecule has 0 fully saturated rings. The quantitative estimate of drug-likeness (QED) is 0.390. The van der Waals surface area contributed by atoms with Gasteiger partial charge in [-0.25, -0.2) is 0 Å². The Morgan fingerprint density at radius 3 is 2.51 bits per heavy atom. The van der Waals surface area contributed by atoms with E-state index in [0.29, 0.717) is 31.9 Å². The van der Waals surface area contributed by atoms with E-state index in [1.807, 2.05) is 13.8 Å². The zero-order valence-electron chi connectivity index (χ0n) is 22.1. The van der Waals surface area contributed by atoms with Crippen LogP contribution in [0, 0.1) is 12.8 Å². The van der Waals surface area contributed by atoms with Gasteiger partial charge in [0.1, 0.15) is 0 Å². The van der Waals surface area contributed by atoms with Gasteiger partial charge in [-0.15, -0.1) is 0 Å². The molecule has 0 bridgehead atoms. The van der Waals surface area contributed by atoms with Crippen molar-refractivity contribution in [1.82, 2.24) is 5.32 Å². The fourth-order valence-electron chi connectivity index (χ4n) is 5.18. The second-order valence-corrected chi connectivity index (χ2v) is 10.6. The summed E-state index contributed by atoms with van der Waals surface area (Å²) < 4.78 is 11.1. The number of hydrogen-bond acceptors (Lipinski definition) is 5. The summed E-state index contributed by atoms with van der Waals surface area (Å²) in [6.45, 7) is 11.5. The molecule has 3 rings (SSSR count). The van der Waals surface area contributed by atoms with Crippen LogP contribution >= 0.6 is 0 Å². The van der Waals surface area contributed by atoms with E-state index in [-0.39, 0.29) is 24.2 Å². The average molecular weight is 482 g/mol. The number of fused-ring (bicyclic) bond motifs is 1. The van der Waals surface area contributed by atoms with Gasteiger partial charge in [0.2, 0.25) is 0 Å². The van der Waals surface area contributed by atoms with Crippen molar-refractivity contribution in [1.29, 1.82) is 0 Å². The number of esters is 1. The van der Waals surface area contributed by atoms with E-state index in [0.717, 1.165) is 36.0 Å². The van der Waals surface area contributed by atoms with E-state index in [1.165, 1.54) is 11.1 Å². The fourth-order valence-corrected chi connectivity index (χ4v) is 5.18. The lowest BCUT2D eigenvalue weighted by Gasteiger charge is -2.31. The highest BCUT2D eigenvalue weighted by atomic mass is 16.5. The molecule has 5 nitrogen and oxygen atoms in total. The number of carbonyl (C=O) groups is 1. The van der Waals surface area contributed by atoms with Crippen LogP contribution in [0.3, 0.4) is 0 Å². The number of ether oxygens (including phenoxy) is 2. The number of carbonyl (C=O) groups excluding carboxylic acids is 1. The van der Waals surface area contributed by atoms with E-state index >= 15 is 0 Å². The Hall–Kier alpha value is -2.21. The van der Waals surface area contributed by atoms with Crippen LogP contribution in [0.1, 0.15) is 74.5 Å². The maximum atomic E-state index is 11.8. The molecule has 0 aliphatic heterocycles. The molecule has 2 N–H and O–H groups in total. The number of aryl methyl sites for hydroxylation is 2. The van der Waals surface area contributed by atoms with Gasteiger partial charge in [-0.1, -0.05) is 48.0 Å². The molecule has 0 unspecified atom stereocenters. The molecule has 0 spiro atoms. The van der Waals surface area contributed by atoms with Gasteiger partial charge < -0.3 is 19.9 Å². The van der Waals surface area contributed by atoms with Crippen LogP contribution in [0.15, 0.2) is 42.5 Å². The molecule has 2 aromatic rings. The van der Waals surface area contributed by atoms with E-state index in [9.17, 15) is 9.90 Å². The van der Waals surface area contributed by atoms with Gasteiger partial charge in [0.25, 0.3) is 0 Å². The summed E-state index contributed by atoms with van der Waals surface area (Å²) in [4.78, 5) is 11.8. The molecule has 0 heterocycles. The van der Waals surface area contributed by atoms with E-state index < -0.39 is 6.10 Å². The molecule has 192 valence electrons. The Morgan fingerprint density at radius 1 is 1.17 bits per heavy atom. The minimum Gasteiger partial charge on any atom is -0.466 e. The Balaban J connectivity index is 1.45. The summed E-state index contributed by atoms with van der Waals surface area (Å²) in [5.41, 5.74) is 6.20. The second kappa shape index (κ2) is 12.7. The molecule has 35 heavy (non-hydrogen) atoms. The van der Waals surface area contributed by atoms with Crippen molar-refractivity contribution >= 4 is 5.97 Å². The van der Waals surface area contributed by atoms with Gasteiger partial charge in [0.15, 0.2) is 0 Å². The van der Waals surface area contributed by atoms with Crippen molar-refractivity contribution in [2.45, 2.75) is 84.5 Å². The van der Waals surface area contributed by atoms with Crippen LogP contribution in [0.5, 0.6) is 0 Å². The summed E-state index contributed by atoms with van der Waals surface area (Å²) in [6.07, 6.45) is 3.55. The molecule has 1 aliphatic rings. The van der Waals surface area contributed by atoms with Crippen LogP contribution in [0.2, 0.25) is 0 Å². The van der Waals surface area contributed by atoms with Crippen LogP contribution in [-0.2, 0) is 33.5 Å². The smallest absolute Gasteiger partial charge is 0.306 e. The maximum Gasteiger partial charge on any atom is 0.306 e. The molecular formula is C30H43NO4. The Kier molecular flexibility index (Phi) is 9.90. The van der Waals surface area contributed by atoms with Crippen LogP contribution < -0.4 is 5.32 Å². The topological polar surface area (TPSA) is 67.8 Å². The third-order valence-electron chi connectivity index (χ3n) is 6.93. The third-order valence-corrected chi connectivity index (χ3v) is 6.93. The van der Waals surface area contributed by atoms with Crippen molar-refractivity contribution in [2.75, 3.05) is 19.8 Å². The zero-order valence-corrected chi connectivity index (χ0v) is 22.1. The number of β-amino-alcohol motifs (C(OH)–C–C–N with tert-alkyl or cyclic N) is 1. The van der Waals surface area contributed by atoms with E-state index in [1.54, 1.807) is 0 Å². The first-order chi connectivity index (χ1) is 16.7. The molecule has 0 radical (unpaired) electrons. The first kappa shape index (κ1) is 27.4. The van der Waals surface area contributed by atoms with Gasteiger partial charge in [0, 0.05) is 18.5 Å². The number of nitrogens with one attached hydrogen (secondary N) is 1. The minimum atomic E-state index is -0.592. The molecule has 0 aromatic heterocycles.